The van der Waals surface area contributed by atoms with Crippen LogP contribution in [-0.4, -0.2) is 9.58 Å². The van der Waals surface area contributed by atoms with Gasteiger partial charge in [-0.25, -0.2) is 0 Å². The fourth-order valence-corrected chi connectivity index (χ4v) is 1.03. The number of halogens is 3. The number of alkyl halides is 3. The Morgan fingerprint density at radius 3 is 2.17 bits per heavy atom. The van der Waals surface area contributed by atoms with E-state index in [2.05, 4.69) is 6.07 Å². The highest BCUT2D eigenvalue weighted by Crippen LogP contribution is 2.30. The van der Waals surface area contributed by atoms with E-state index in [1.165, 1.54) is 0 Å². The summed E-state index contributed by atoms with van der Waals surface area (Å²) in [6, 6.07) is 9.02. The quantitative estimate of drug-likeness (QED) is 0.527. The maximum Gasteiger partial charge on any atom is 0.253 e. The van der Waals surface area contributed by atoms with Crippen LogP contribution in [0.3, 0.4) is 0 Å². The minimum Gasteiger partial charge on any atom is -0.289 e. The lowest BCUT2D eigenvalue weighted by molar-refractivity contribution is 0.0996. The molecule has 0 aliphatic carbocycles. The van der Waals surface area contributed by atoms with Crippen LogP contribution in [-0.2, 0) is 0 Å². The largest absolute Gasteiger partial charge is 0.289 e. The van der Waals surface area contributed by atoms with Crippen molar-refractivity contribution in [1.82, 2.24) is 0 Å². The Bertz CT molecular complexity index is 276. The summed E-state index contributed by atoms with van der Waals surface area (Å²) in [6.45, 7) is 0. The molecule has 1 aromatic carbocycles. The normalized spacial score (nSPS) is 11.2. The second kappa shape index (κ2) is 3.65. The van der Waals surface area contributed by atoms with Gasteiger partial charge in [0.25, 0.3) is 3.79 Å². The van der Waals surface area contributed by atoms with E-state index in [9.17, 15) is 4.79 Å². The first-order chi connectivity index (χ1) is 5.52. The number of hydrogen-bond acceptors (Lipinski definition) is 1. The second-order valence-electron chi connectivity index (χ2n) is 2.12. The standard InChI is InChI=1S/C8H4Cl3O/c9-8(10,11)7(12)6-4-2-1-3-5-6/h2-5H. The molecule has 12 heavy (non-hydrogen) atoms. The number of ketones is 1. The van der Waals surface area contributed by atoms with E-state index in [1.54, 1.807) is 24.3 Å². The van der Waals surface area contributed by atoms with Gasteiger partial charge in [0.2, 0.25) is 5.78 Å². The fraction of sp³-hybridized carbons (Fsp3) is 0.125. The second-order valence-corrected chi connectivity index (χ2v) is 4.40. The third kappa shape index (κ3) is 2.37. The van der Waals surface area contributed by atoms with Gasteiger partial charge in [0.05, 0.1) is 0 Å². The van der Waals surface area contributed by atoms with Crippen molar-refractivity contribution in [2.24, 2.45) is 0 Å². The maximum atomic E-state index is 11.3. The van der Waals surface area contributed by atoms with Crippen molar-refractivity contribution in [3.05, 3.63) is 35.9 Å². The highest BCUT2D eigenvalue weighted by atomic mass is 35.6. The molecular weight excluding hydrogens is 218 g/mol. The van der Waals surface area contributed by atoms with E-state index < -0.39 is 9.58 Å². The van der Waals surface area contributed by atoms with E-state index in [4.69, 9.17) is 34.8 Å². The van der Waals surface area contributed by atoms with Gasteiger partial charge < -0.3 is 0 Å². The highest BCUT2D eigenvalue weighted by molar-refractivity contribution is 6.77. The Morgan fingerprint density at radius 2 is 1.75 bits per heavy atom. The number of carbonyl (C=O) groups excluding carboxylic acids is 1. The minimum absolute atomic E-state index is 0.369. The lowest BCUT2D eigenvalue weighted by Gasteiger charge is -2.08. The molecule has 0 aliphatic heterocycles. The summed E-state index contributed by atoms with van der Waals surface area (Å²) >= 11 is 16.2. The SMILES string of the molecule is O=C(c1cc[c]cc1)C(Cl)(Cl)Cl. The first-order valence-electron chi connectivity index (χ1n) is 3.09. The Hall–Kier alpha value is -0.240. The summed E-state index contributed by atoms with van der Waals surface area (Å²) in [5, 5.41) is 0. The molecule has 0 aliphatic rings. The molecule has 0 saturated carbocycles. The minimum atomic E-state index is -1.87. The van der Waals surface area contributed by atoms with Crippen molar-refractivity contribution in [2.45, 2.75) is 3.79 Å². The topological polar surface area (TPSA) is 17.1 Å². The summed E-state index contributed by atoms with van der Waals surface area (Å²) in [6.07, 6.45) is 0. The van der Waals surface area contributed by atoms with Gasteiger partial charge in [0.1, 0.15) is 0 Å². The van der Waals surface area contributed by atoms with Gasteiger partial charge in [-0.1, -0.05) is 59.1 Å². The van der Waals surface area contributed by atoms with Gasteiger partial charge in [0, 0.05) is 5.56 Å². The summed E-state index contributed by atoms with van der Waals surface area (Å²) in [7, 11) is 0. The van der Waals surface area contributed by atoms with Crippen LogP contribution < -0.4 is 0 Å². The van der Waals surface area contributed by atoms with Gasteiger partial charge in [-0.05, 0) is 6.07 Å². The van der Waals surface area contributed by atoms with Crippen LogP contribution in [0.5, 0.6) is 0 Å². The number of carbonyl (C=O) groups is 1. The maximum absolute atomic E-state index is 11.3. The average Bonchev–Trinajstić information content (AvgIpc) is 2.03. The van der Waals surface area contributed by atoms with E-state index in [0.717, 1.165) is 0 Å². The molecule has 0 aromatic heterocycles. The van der Waals surface area contributed by atoms with E-state index in [1.807, 2.05) is 0 Å². The smallest absolute Gasteiger partial charge is 0.253 e. The van der Waals surface area contributed by atoms with Gasteiger partial charge in [-0.3, -0.25) is 4.79 Å². The molecule has 4 heteroatoms. The number of Topliss-reactive ketones (excluding diaryl/α,β-unsaturated/α-hetero) is 1. The first-order valence-corrected chi connectivity index (χ1v) is 4.23. The third-order valence-corrected chi connectivity index (χ3v) is 1.75. The molecule has 0 atom stereocenters. The van der Waals surface area contributed by atoms with Crippen molar-refractivity contribution in [2.75, 3.05) is 0 Å². The van der Waals surface area contributed by atoms with Gasteiger partial charge >= 0.3 is 0 Å². The number of benzene rings is 1. The zero-order valence-electron chi connectivity index (χ0n) is 5.85. The molecule has 0 bridgehead atoms. The molecule has 1 nitrogen and oxygen atoms in total. The van der Waals surface area contributed by atoms with Crippen LogP contribution in [0.15, 0.2) is 24.3 Å². The van der Waals surface area contributed by atoms with Gasteiger partial charge in [0.15, 0.2) is 0 Å². The van der Waals surface area contributed by atoms with Gasteiger partial charge in [-0.15, -0.1) is 0 Å². The predicted molar refractivity (Wildman–Crippen MR) is 49.9 cm³/mol. The van der Waals surface area contributed by atoms with Crippen LogP contribution in [0.1, 0.15) is 10.4 Å². The average molecular weight is 222 g/mol. The summed E-state index contributed by atoms with van der Waals surface area (Å²) in [5.41, 5.74) is 0.369. The van der Waals surface area contributed by atoms with E-state index in [0.29, 0.717) is 5.56 Å². The summed E-state index contributed by atoms with van der Waals surface area (Å²) in [5.74, 6) is -0.526. The summed E-state index contributed by atoms with van der Waals surface area (Å²) < 4.78 is -1.87. The number of rotatable bonds is 1. The summed E-state index contributed by atoms with van der Waals surface area (Å²) in [4.78, 5) is 11.3. The predicted octanol–water partition coefficient (Wildman–Crippen LogP) is 3.04. The third-order valence-electron chi connectivity index (χ3n) is 1.24. The Labute approximate surface area is 85.2 Å². The van der Waals surface area contributed by atoms with Crippen LogP contribution in [0.4, 0.5) is 0 Å². The van der Waals surface area contributed by atoms with Crippen molar-refractivity contribution < 1.29 is 4.79 Å². The Morgan fingerprint density at radius 1 is 1.25 bits per heavy atom. The van der Waals surface area contributed by atoms with Crippen molar-refractivity contribution >= 4 is 40.6 Å². The number of hydrogen-bond donors (Lipinski definition) is 0. The van der Waals surface area contributed by atoms with Crippen molar-refractivity contribution in [1.29, 1.82) is 0 Å². The molecule has 0 unspecified atom stereocenters. The molecule has 1 aromatic rings. The fourth-order valence-electron chi connectivity index (χ4n) is 0.702. The molecule has 0 fully saturated rings. The molecular formula is C8H4Cl3O. The molecule has 1 radical (unpaired) electrons. The molecule has 0 heterocycles. The first kappa shape index (κ1) is 9.85. The Kier molecular flexibility index (Phi) is 2.99. The van der Waals surface area contributed by atoms with Crippen LogP contribution in [0.25, 0.3) is 0 Å². The molecule has 1 rings (SSSR count). The van der Waals surface area contributed by atoms with Crippen LogP contribution in [0, 0.1) is 6.07 Å². The van der Waals surface area contributed by atoms with Crippen LogP contribution in [0.2, 0.25) is 0 Å². The Balaban J connectivity index is 2.94. The molecule has 63 valence electrons. The van der Waals surface area contributed by atoms with Crippen LogP contribution >= 0.6 is 34.8 Å². The van der Waals surface area contributed by atoms with Crippen molar-refractivity contribution in [3.63, 3.8) is 0 Å². The molecule has 0 saturated heterocycles. The van der Waals surface area contributed by atoms with E-state index >= 15 is 0 Å². The monoisotopic (exact) mass is 221 g/mol. The van der Waals surface area contributed by atoms with Gasteiger partial charge in [-0.2, -0.15) is 0 Å². The molecule has 0 amide bonds. The highest BCUT2D eigenvalue weighted by Gasteiger charge is 2.31. The lowest BCUT2D eigenvalue weighted by atomic mass is 10.1. The van der Waals surface area contributed by atoms with E-state index in [-0.39, 0.29) is 0 Å². The lowest BCUT2D eigenvalue weighted by Crippen LogP contribution is -2.18. The van der Waals surface area contributed by atoms with Crippen molar-refractivity contribution in [3.8, 4) is 0 Å². The molecule has 0 spiro atoms. The zero-order valence-corrected chi connectivity index (χ0v) is 8.12. The molecule has 0 N–H and O–H groups in total. The zero-order chi connectivity index (χ0) is 9.19.